The van der Waals surface area contributed by atoms with Crippen molar-refractivity contribution in [3.63, 3.8) is 0 Å². The molecule has 51 heavy (non-hydrogen) atoms. The number of aliphatic hydroxyl groups is 3. The van der Waals surface area contributed by atoms with E-state index >= 15 is 0 Å². The van der Waals surface area contributed by atoms with Crippen molar-refractivity contribution in [3.05, 3.63) is 31.5 Å². The van der Waals surface area contributed by atoms with Gasteiger partial charge >= 0.3 is 17.1 Å². The molecule has 1 aromatic rings. The molecule has 0 aliphatic carbocycles. The summed E-state index contributed by atoms with van der Waals surface area (Å²) in [4.78, 5) is 47.0. The quantitative estimate of drug-likeness (QED) is 0.0914. The monoisotopic (exact) mass is 727 g/mol. The van der Waals surface area contributed by atoms with E-state index in [9.17, 15) is 29.7 Å². The summed E-state index contributed by atoms with van der Waals surface area (Å²) < 4.78 is 2.68. The molecule has 3 N–H and O–H groups in total. The predicted octanol–water partition coefficient (Wildman–Crippen LogP) is 4.13. The Morgan fingerprint density at radius 3 is 0.863 bits per heavy atom. The van der Waals surface area contributed by atoms with Crippen molar-refractivity contribution < 1.29 is 15.3 Å². The van der Waals surface area contributed by atoms with Gasteiger partial charge in [0.1, 0.15) is 0 Å². The fraction of sp³-hybridized carbons (Fsp3) is 0.923. The maximum Gasteiger partial charge on any atom is 0.336 e. The molecular weight excluding hydrogens is 648 g/mol. The second kappa shape index (κ2) is 28.6. The summed E-state index contributed by atoms with van der Waals surface area (Å²) in [5, 5.41) is 33.0. The summed E-state index contributed by atoms with van der Waals surface area (Å²) in [6.07, 6.45) is 17.8. The largest absolute Gasteiger partial charge is 0.390 e. The van der Waals surface area contributed by atoms with Crippen LogP contribution in [0, 0.1) is 0 Å². The van der Waals surface area contributed by atoms with E-state index in [1.165, 1.54) is 77.0 Å². The van der Waals surface area contributed by atoms with Crippen molar-refractivity contribution >= 4 is 0 Å². The summed E-state index contributed by atoms with van der Waals surface area (Å²) in [6, 6.07) is 0. The summed E-state index contributed by atoms with van der Waals surface area (Å²) in [5.41, 5.74) is -2.57. The van der Waals surface area contributed by atoms with Gasteiger partial charge in [0, 0.05) is 19.6 Å². The number of hydrogen-bond donors (Lipinski definition) is 3. The second-order valence-corrected chi connectivity index (χ2v) is 15.2. The van der Waals surface area contributed by atoms with Gasteiger partial charge in [-0.2, -0.15) is 0 Å². The van der Waals surface area contributed by atoms with E-state index in [0.717, 1.165) is 71.9 Å². The molecule has 1 rings (SSSR count). The Hall–Kier alpha value is -1.83. The van der Waals surface area contributed by atoms with Gasteiger partial charge in [-0.3, -0.25) is 0 Å². The van der Waals surface area contributed by atoms with Gasteiger partial charge in [-0.15, -0.1) is 0 Å². The maximum atomic E-state index is 13.7. The lowest BCUT2D eigenvalue weighted by Crippen LogP contribution is -2.58. The number of likely N-dealkylation sites (N-methyl/N-ethyl adjacent to an activating group) is 3. The fourth-order valence-electron chi connectivity index (χ4n) is 6.80. The van der Waals surface area contributed by atoms with Crippen LogP contribution in [0.5, 0.6) is 0 Å². The number of hydrogen-bond acceptors (Lipinski definition) is 9. The number of aromatic nitrogens is 3. The molecule has 1 aromatic heterocycles. The van der Waals surface area contributed by atoms with Crippen LogP contribution in [0.3, 0.4) is 0 Å². The predicted molar refractivity (Wildman–Crippen MR) is 210 cm³/mol. The lowest BCUT2D eigenvalue weighted by Gasteiger charge is -2.24. The van der Waals surface area contributed by atoms with Crippen molar-refractivity contribution in [3.8, 4) is 0 Å². The molecule has 12 nitrogen and oxygen atoms in total. The molecule has 0 aromatic carbocycles. The van der Waals surface area contributed by atoms with Crippen molar-refractivity contribution in [1.29, 1.82) is 0 Å². The summed E-state index contributed by atoms with van der Waals surface area (Å²) in [7, 11) is 5.73. The van der Waals surface area contributed by atoms with Crippen molar-refractivity contribution in [2.75, 3.05) is 60.4 Å². The van der Waals surface area contributed by atoms with Crippen LogP contribution in [0.25, 0.3) is 0 Å². The minimum Gasteiger partial charge on any atom is -0.390 e. The van der Waals surface area contributed by atoms with E-state index in [4.69, 9.17) is 0 Å². The number of unbranched alkanes of at least 4 members (excludes halogenated alkanes) is 15. The summed E-state index contributed by atoms with van der Waals surface area (Å²) in [5.74, 6) is 0. The van der Waals surface area contributed by atoms with Gasteiger partial charge in [0.2, 0.25) is 0 Å². The topological polar surface area (TPSA) is 136 Å². The van der Waals surface area contributed by atoms with Crippen LogP contribution < -0.4 is 17.1 Å². The molecule has 0 radical (unpaired) electrons. The number of rotatable bonds is 33. The molecule has 0 aliphatic heterocycles. The zero-order valence-electron chi connectivity index (χ0n) is 33.6. The minimum atomic E-state index is -1.03. The Morgan fingerprint density at radius 1 is 0.412 bits per heavy atom. The smallest absolute Gasteiger partial charge is 0.336 e. The maximum absolute atomic E-state index is 13.7. The van der Waals surface area contributed by atoms with E-state index in [1.807, 2.05) is 35.8 Å². The Balaban J connectivity index is 3.07. The van der Waals surface area contributed by atoms with E-state index < -0.39 is 35.4 Å². The number of nitrogens with zero attached hydrogens (tertiary/aromatic N) is 6. The van der Waals surface area contributed by atoms with Gasteiger partial charge in [-0.05, 0) is 60.0 Å². The average molecular weight is 727 g/mol. The highest BCUT2D eigenvalue weighted by molar-refractivity contribution is 4.83. The molecule has 3 unspecified atom stereocenters. The van der Waals surface area contributed by atoms with Crippen LogP contribution in [0.4, 0.5) is 0 Å². The SMILES string of the molecule is CCCCCCCCN(C)CC(O)Cn1c(=O)n(CC(O)CN(C)CCCCCCCC)c(=O)n(CC(O)CN(C)CCCCCCCC)c1=O. The van der Waals surface area contributed by atoms with Crippen molar-refractivity contribution in [1.82, 2.24) is 28.4 Å². The van der Waals surface area contributed by atoms with Gasteiger partial charge < -0.3 is 30.0 Å². The van der Waals surface area contributed by atoms with E-state index in [0.29, 0.717) is 0 Å². The average Bonchev–Trinajstić information content (AvgIpc) is 3.08. The second-order valence-electron chi connectivity index (χ2n) is 15.2. The first-order valence-electron chi connectivity index (χ1n) is 20.5. The van der Waals surface area contributed by atoms with Gasteiger partial charge in [-0.1, -0.05) is 117 Å². The summed E-state index contributed by atoms with van der Waals surface area (Å²) >= 11 is 0. The Kier molecular flexibility index (Phi) is 26.5. The Morgan fingerprint density at radius 2 is 0.627 bits per heavy atom. The molecule has 12 heteroatoms. The van der Waals surface area contributed by atoms with E-state index in [1.54, 1.807) is 0 Å². The normalized spacial score (nSPS) is 13.9. The first-order chi connectivity index (χ1) is 24.4. The lowest BCUT2D eigenvalue weighted by atomic mass is 10.1. The Bertz CT molecular complexity index is 1010. The van der Waals surface area contributed by atoms with Crippen molar-refractivity contribution in [2.24, 2.45) is 0 Å². The molecule has 0 saturated heterocycles. The van der Waals surface area contributed by atoms with Crippen LogP contribution in [0.15, 0.2) is 14.4 Å². The lowest BCUT2D eigenvalue weighted by molar-refractivity contribution is 0.0901. The molecule has 300 valence electrons. The van der Waals surface area contributed by atoms with Crippen molar-refractivity contribution in [2.45, 2.75) is 174 Å². The van der Waals surface area contributed by atoms with Crippen LogP contribution in [0.2, 0.25) is 0 Å². The fourth-order valence-corrected chi connectivity index (χ4v) is 6.80. The van der Waals surface area contributed by atoms with Crippen LogP contribution in [-0.4, -0.2) is 122 Å². The highest BCUT2D eigenvalue weighted by Crippen LogP contribution is 2.08. The molecule has 0 amide bonds. The third kappa shape index (κ3) is 20.9. The molecule has 0 saturated carbocycles. The van der Waals surface area contributed by atoms with E-state index in [-0.39, 0.29) is 39.3 Å². The van der Waals surface area contributed by atoms with Crippen LogP contribution in [0.1, 0.15) is 136 Å². The zero-order valence-corrected chi connectivity index (χ0v) is 33.6. The highest BCUT2D eigenvalue weighted by Gasteiger charge is 2.23. The molecule has 1 heterocycles. The third-order valence-corrected chi connectivity index (χ3v) is 9.81. The third-order valence-electron chi connectivity index (χ3n) is 9.81. The van der Waals surface area contributed by atoms with Crippen LogP contribution in [-0.2, 0) is 19.6 Å². The number of aliphatic hydroxyl groups excluding tert-OH is 3. The molecule has 0 aliphatic rings. The zero-order chi connectivity index (χ0) is 38.0. The molecular formula is C39H78N6O6. The minimum absolute atomic E-state index is 0.262. The molecule has 0 fully saturated rings. The Labute approximate surface area is 309 Å². The molecule has 0 bridgehead atoms. The standard InChI is InChI=1S/C39H78N6O6/c1-7-10-13-16-19-22-25-40(4)28-34(46)31-43-37(49)44(32-35(47)29-41(5)26-23-20-17-14-11-8-2)39(51)45(38(43)50)33-36(48)30-42(6)27-24-21-18-15-12-9-3/h34-36,46-48H,7-33H2,1-6H3. The highest BCUT2D eigenvalue weighted by atomic mass is 16.3. The molecule has 0 spiro atoms. The van der Waals surface area contributed by atoms with Gasteiger partial charge in [-0.25, -0.2) is 28.1 Å². The van der Waals surface area contributed by atoms with E-state index in [2.05, 4.69) is 20.8 Å². The molecule has 3 atom stereocenters. The summed E-state index contributed by atoms with van der Waals surface area (Å²) in [6.45, 7) is 8.86. The van der Waals surface area contributed by atoms with Crippen LogP contribution >= 0.6 is 0 Å². The van der Waals surface area contributed by atoms with Gasteiger partial charge in [0.05, 0.1) is 37.9 Å². The first-order valence-corrected chi connectivity index (χ1v) is 20.5. The van der Waals surface area contributed by atoms with Gasteiger partial charge in [0.25, 0.3) is 0 Å². The first kappa shape index (κ1) is 47.2. The van der Waals surface area contributed by atoms with Gasteiger partial charge in [0.15, 0.2) is 0 Å².